The van der Waals surface area contributed by atoms with E-state index in [1.807, 2.05) is 32.9 Å². The van der Waals surface area contributed by atoms with Crippen LogP contribution in [0.2, 0.25) is 0 Å². The van der Waals surface area contributed by atoms with Gasteiger partial charge in [0.2, 0.25) is 5.91 Å². The van der Waals surface area contributed by atoms with E-state index in [1.54, 1.807) is 7.11 Å². The molecule has 152 valence electrons. The van der Waals surface area contributed by atoms with Crippen LogP contribution in [-0.2, 0) is 11.2 Å². The lowest BCUT2D eigenvalue weighted by molar-refractivity contribution is -0.125. The topological polar surface area (TPSA) is 70.2 Å². The van der Waals surface area contributed by atoms with Crippen LogP contribution >= 0.6 is 0 Å². The number of rotatable bonds is 5. The van der Waals surface area contributed by atoms with Gasteiger partial charge in [-0.05, 0) is 64.5 Å². The lowest BCUT2D eigenvalue weighted by Crippen LogP contribution is -2.51. The van der Waals surface area contributed by atoms with Crippen molar-refractivity contribution in [2.24, 2.45) is 5.92 Å². The molecule has 1 amide bonds. The highest BCUT2D eigenvalue weighted by molar-refractivity contribution is 5.81. The zero-order valence-electron chi connectivity index (χ0n) is 17.4. The Hall–Kier alpha value is -2.08. The third-order valence-corrected chi connectivity index (χ3v) is 6.05. The van der Waals surface area contributed by atoms with Crippen molar-refractivity contribution in [1.82, 2.24) is 20.2 Å². The van der Waals surface area contributed by atoms with Crippen molar-refractivity contribution in [2.45, 2.75) is 70.5 Å². The van der Waals surface area contributed by atoms with Crippen molar-refractivity contribution < 1.29 is 9.53 Å². The van der Waals surface area contributed by atoms with Crippen LogP contribution in [0.4, 0.5) is 0 Å². The Balaban J connectivity index is 1.40. The second kappa shape index (κ2) is 7.39. The molecule has 2 aliphatic heterocycles. The third-order valence-electron chi connectivity index (χ3n) is 6.05. The minimum absolute atomic E-state index is 0.146. The van der Waals surface area contributed by atoms with Gasteiger partial charge in [-0.15, -0.1) is 0 Å². The standard InChI is InChI=1S/C22H32N4O2/c1-22(2,3)25-20(27)13-26-15-8-9-16(26)11-14(10-15)12-19-23-17-6-5-7-18(28-4)21(17)24-19/h5-7,14-16H,8-13H2,1-4H3,(H,23,24)(H,25,27)/t14?,15-,16+. The maximum Gasteiger partial charge on any atom is 0.234 e. The number of aromatic amines is 1. The summed E-state index contributed by atoms with van der Waals surface area (Å²) in [6.07, 6.45) is 5.67. The number of imidazole rings is 1. The molecule has 2 bridgehead atoms. The first kappa shape index (κ1) is 19.2. The highest BCUT2D eigenvalue weighted by atomic mass is 16.5. The van der Waals surface area contributed by atoms with Gasteiger partial charge in [0, 0.05) is 24.0 Å². The molecule has 2 fully saturated rings. The molecular formula is C22H32N4O2. The number of ether oxygens (including phenoxy) is 1. The summed E-state index contributed by atoms with van der Waals surface area (Å²) in [4.78, 5) is 23.1. The number of hydrogen-bond donors (Lipinski definition) is 2. The van der Waals surface area contributed by atoms with E-state index >= 15 is 0 Å². The molecule has 3 heterocycles. The van der Waals surface area contributed by atoms with Gasteiger partial charge in [0.1, 0.15) is 17.1 Å². The van der Waals surface area contributed by atoms with Gasteiger partial charge in [-0.25, -0.2) is 4.98 Å². The summed E-state index contributed by atoms with van der Waals surface area (Å²) < 4.78 is 5.43. The van der Waals surface area contributed by atoms with Crippen LogP contribution in [0.1, 0.15) is 52.3 Å². The highest BCUT2D eigenvalue weighted by Gasteiger charge is 2.41. The Labute approximate surface area is 167 Å². The number of piperidine rings is 1. The van der Waals surface area contributed by atoms with Crippen LogP contribution in [0.25, 0.3) is 11.0 Å². The Morgan fingerprint density at radius 2 is 2.00 bits per heavy atom. The first-order chi connectivity index (χ1) is 13.3. The second-order valence-corrected chi connectivity index (χ2v) is 9.44. The molecule has 0 saturated carbocycles. The summed E-state index contributed by atoms with van der Waals surface area (Å²) in [6.45, 7) is 6.64. The third kappa shape index (κ3) is 4.02. The van der Waals surface area contributed by atoms with E-state index in [0.717, 1.165) is 41.9 Å². The second-order valence-electron chi connectivity index (χ2n) is 9.44. The summed E-state index contributed by atoms with van der Waals surface area (Å²) in [5.74, 6) is 2.63. The predicted molar refractivity (Wildman–Crippen MR) is 110 cm³/mol. The summed E-state index contributed by atoms with van der Waals surface area (Å²) in [6, 6.07) is 7.04. The van der Waals surface area contributed by atoms with E-state index in [9.17, 15) is 4.79 Å². The summed E-state index contributed by atoms with van der Waals surface area (Å²) in [5, 5.41) is 3.10. The number of carbonyl (C=O) groups is 1. The molecule has 3 atom stereocenters. The molecule has 28 heavy (non-hydrogen) atoms. The number of amides is 1. The Kier molecular flexibility index (Phi) is 5.08. The number of nitrogens with zero attached hydrogens (tertiary/aromatic N) is 2. The van der Waals surface area contributed by atoms with Gasteiger partial charge in [-0.3, -0.25) is 9.69 Å². The molecule has 2 N–H and O–H groups in total. The minimum atomic E-state index is -0.170. The quantitative estimate of drug-likeness (QED) is 0.830. The van der Waals surface area contributed by atoms with Crippen LogP contribution in [0.3, 0.4) is 0 Å². The fourth-order valence-electron chi connectivity index (χ4n) is 5.03. The average molecular weight is 385 g/mol. The molecule has 0 radical (unpaired) electrons. The lowest BCUT2D eigenvalue weighted by atomic mass is 9.88. The fraction of sp³-hybridized carbons (Fsp3) is 0.636. The number of hydrogen-bond acceptors (Lipinski definition) is 4. The van der Waals surface area contributed by atoms with E-state index in [1.165, 1.54) is 12.8 Å². The molecule has 1 unspecified atom stereocenters. The summed E-state index contributed by atoms with van der Waals surface area (Å²) in [7, 11) is 1.69. The number of carbonyl (C=O) groups excluding carboxylic acids is 1. The van der Waals surface area contributed by atoms with Gasteiger partial charge >= 0.3 is 0 Å². The maximum absolute atomic E-state index is 12.4. The van der Waals surface area contributed by atoms with Crippen molar-refractivity contribution in [2.75, 3.05) is 13.7 Å². The van der Waals surface area contributed by atoms with Crippen molar-refractivity contribution in [1.29, 1.82) is 0 Å². The molecular weight excluding hydrogens is 352 g/mol. The number of nitrogens with one attached hydrogen (secondary N) is 2. The normalized spacial score (nSPS) is 25.2. The Morgan fingerprint density at radius 1 is 1.29 bits per heavy atom. The lowest BCUT2D eigenvalue weighted by Gasteiger charge is -2.38. The fourth-order valence-corrected chi connectivity index (χ4v) is 5.03. The largest absolute Gasteiger partial charge is 0.494 e. The van der Waals surface area contributed by atoms with Gasteiger partial charge in [0.15, 0.2) is 0 Å². The number of fused-ring (bicyclic) bond motifs is 3. The van der Waals surface area contributed by atoms with E-state index in [0.29, 0.717) is 24.5 Å². The monoisotopic (exact) mass is 384 g/mol. The zero-order valence-corrected chi connectivity index (χ0v) is 17.4. The molecule has 2 aliphatic rings. The van der Waals surface area contributed by atoms with Crippen LogP contribution in [0.15, 0.2) is 18.2 Å². The van der Waals surface area contributed by atoms with E-state index in [2.05, 4.69) is 21.3 Å². The molecule has 6 heteroatoms. The average Bonchev–Trinajstić information content (AvgIpc) is 3.10. The molecule has 1 aromatic carbocycles. The Morgan fingerprint density at radius 3 is 2.64 bits per heavy atom. The van der Waals surface area contributed by atoms with Crippen LogP contribution < -0.4 is 10.1 Å². The summed E-state index contributed by atoms with van der Waals surface area (Å²) in [5.41, 5.74) is 1.78. The highest BCUT2D eigenvalue weighted by Crippen LogP contribution is 2.39. The molecule has 6 nitrogen and oxygen atoms in total. The smallest absolute Gasteiger partial charge is 0.234 e. The van der Waals surface area contributed by atoms with Gasteiger partial charge < -0.3 is 15.0 Å². The van der Waals surface area contributed by atoms with Crippen molar-refractivity contribution >= 4 is 16.9 Å². The summed E-state index contributed by atoms with van der Waals surface area (Å²) >= 11 is 0. The number of methoxy groups -OCH3 is 1. The van der Waals surface area contributed by atoms with Gasteiger partial charge in [-0.1, -0.05) is 6.07 Å². The van der Waals surface area contributed by atoms with E-state index in [-0.39, 0.29) is 11.4 Å². The van der Waals surface area contributed by atoms with Gasteiger partial charge in [-0.2, -0.15) is 0 Å². The van der Waals surface area contributed by atoms with Crippen LogP contribution in [0, 0.1) is 5.92 Å². The Bertz CT molecular complexity index is 840. The molecule has 0 aliphatic carbocycles. The first-order valence-electron chi connectivity index (χ1n) is 10.4. The molecule has 4 rings (SSSR count). The number of benzene rings is 1. The molecule has 0 spiro atoms. The predicted octanol–water partition coefficient (Wildman–Crippen LogP) is 3.27. The van der Waals surface area contributed by atoms with Crippen LogP contribution in [-0.4, -0.2) is 52.1 Å². The van der Waals surface area contributed by atoms with E-state index in [4.69, 9.17) is 9.72 Å². The van der Waals surface area contributed by atoms with E-state index < -0.39 is 0 Å². The maximum atomic E-state index is 12.4. The minimum Gasteiger partial charge on any atom is -0.494 e. The van der Waals surface area contributed by atoms with Gasteiger partial charge in [0.25, 0.3) is 0 Å². The molecule has 1 aromatic heterocycles. The van der Waals surface area contributed by atoms with Crippen LogP contribution in [0.5, 0.6) is 5.75 Å². The van der Waals surface area contributed by atoms with Crippen molar-refractivity contribution in [3.63, 3.8) is 0 Å². The number of aromatic nitrogens is 2. The van der Waals surface area contributed by atoms with Crippen molar-refractivity contribution in [3.8, 4) is 5.75 Å². The SMILES string of the molecule is COc1cccc2[nH]c(CC3C[C@H]4CC[C@@H](C3)N4CC(=O)NC(C)(C)C)nc12. The number of para-hydroxylation sites is 1. The molecule has 2 aromatic rings. The zero-order chi connectivity index (χ0) is 19.9. The van der Waals surface area contributed by atoms with Crippen molar-refractivity contribution in [3.05, 3.63) is 24.0 Å². The number of H-pyrrole nitrogens is 1. The van der Waals surface area contributed by atoms with Gasteiger partial charge in [0.05, 0.1) is 19.2 Å². The first-order valence-corrected chi connectivity index (χ1v) is 10.4. The molecule has 2 saturated heterocycles.